The van der Waals surface area contributed by atoms with Gasteiger partial charge >= 0.3 is 0 Å². The molecule has 0 amide bonds. The molecule has 2 aliphatic rings. The Morgan fingerprint density at radius 1 is 1.15 bits per heavy atom. The van der Waals surface area contributed by atoms with E-state index in [4.69, 9.17) is 14.2 Å². The third-order valence-corrected chi connectivity index (χ3v) is 5.22. The first-order chi connectivity index (χ1) is 12.7. The lowest BCUT2D eigenvalue weighted by molar-refractivity contribution is -0.182. The first kappa shape index (κ1) is 17.2. The van der Waals surface area contributed by atoms with Gasteiger partial charge in [-0.1, -0.05) is 30.3 Å². The summed E-state index contributed by atoms with van der Waals surface area (Å²) in [6, 6.07) is 9.76. The normalized spacial score (nSPS) is 19.7. The first-order valence-corrected chi connectivity index (χ1v) is 9.25. The molecule has 1 aromatic carbocycles. The average molecular weight is 356 g/mol. The monoisotopic (exact) mass is 356 g/mol. The van der Waals surface area contributed by atoms with Crippen molar-refractivity contribution in [3.8, 4) is 5.75 Å². The van der Waals surface area contributed by atoms with Crippen molar-refractivity contribution in [1.82, 2.24) is 9.97 Å². The highest BCUT2D eigenvalue weighted by atomic mass is 16.7. The van der Waals surface area contributed by atoms with Gasteiger partial charge < -0.3 is 19.2 Å². The molecule has 0 unspecified atom stereocenters. The van der Waals surface area contributed by atoms with Crippen LogP contribution >= 0.6 is 0 Å². The molecule has 2 heterocycles. The molecule has 1 spiro atoms. The molecule has 4 rings (SSSR count). The summed E-state index contributed by atoms with van der Waals surface area (Å²) in [4.78, 5) is 19.5. The highest BCUT2D eigenvalue weighted by Crippen LogP contribution is 2.39. The number of hydrogen-bond acceptors (Lipinski definition) is 5. The van der Waals surface area contributed by atoms with Crippen molar-refractivity contribution in [3.05, 3.63) is 58.3 Å². The highest BCUT2D eigenvalue weighted by molar-refractivity contribution is 5.17. The van der Waals surface area contributed by atoms with Crippen LogP contribution in [0.15, 0.2) is 41.3 Å². The Morgan fingerprint density at radius 2 is 1.88 bits per heavy atom. The van der Waals surface area contributed by atoms with E-state index in [9.17, 15) is 4.79 Å². The van der Waals surface area contributed by atoms with Crippen LogP contribution in [0.2, 0.25) is 0 Å². The third kappa shape index (κ3) is 3.97. The Kier molecular flexibility index (Phi) is 5.04. The van der Waals surface area contributed by atoms with Crippen LogP contribution in [0.1, 0.15) is 37.1 Å². The number of ether oxygens (including phenoxy) is 3. The summed E-state index contributed by atoms with van der Waals surface area (Å²) in [5.74, 6) is 1.13. The molecule has 0 atom stereocenters. The SMILES string of the molecule is O=c1[nH]c(CC2CCC3(CC2)OCCO3)ncc1OCc1ccccc1. The van der Waals surface area contributed by atoms with E-state index >= 15 is 0 Å². The number of aromatic nitrogens is 2. The molecule has 1 aromatic heterocycles. The second-order valence-corrected chi connectivity index (χ2v) is 7.05. The predicted octanol–water partition coefficient (Wildman–Crippen LogP) is 2.82. The predicted molar refractivity (Wildman–Crippen MR) is 95.9 cm³/mol. The molecular weight excluding hydrogens is 332 g/mol. The van der Waals surface area contributed by atoms with Gasteiger partial charge in [0.2, 0.25) is 5.75 Å². The standard InChI is InChI=1S/C20H24N2O4/c23-19-17(24-14-16-4-2-1-3-5-16)13-21-18(22-19)12-15-6-8-20(9-7-15)25-10-11-26-20/h1-5,13,15H,6-12,14H2,(H,21,22,23). The van der Waals surface area contributed by atoms with Crippen LogP contribution in [-0.4, -0.2) is 29.0 Å². The lowest BCUT2D eigenvalue weighted by atomic mass is 9.83. The number of hydrogen-bond donors (Lipinski definition) is 1. The van der Waals surface area contributed by atoms with Crippen LogP contribution in [0, 0.1) is 5.92 Å². The van der Waals surface area contributed by atoms with E-state index in [1.54, 1.807) is 0 Å². The Labute approximate surface area is 152 Å². The molecular formula is C20H24N2O4. The van der Waals surface area contributed by atoms with Crippen molar-refractivity contribution in [3.63, 3.8) is 0 Å². The summed E-state index contributed by atoms with van der Waals surface area (Å²) in [6.45, 7) is 1.75. The van der Waals surface area contributed by atoms with Crippen LogP contribution in [0.25, 0.3) is 0 Å². The zero-order chi connectivity index (χ0) is 17.8. The summed E-state index contributed by atoms with van der Waals surface area (Å²) >= 11 is 0. The summed E-state index contributed by atoms with van der Waals surface area (Å²) in [5, 5.41) is 0. The number of benzene rings is 1. The zero-order valence-corrected chi connectivity index (χ0v) is 14.8. The second-order valence-electron chi connectivity index (χ2n) is 7.05. The largest absolute Gasteiger partial charge is 0.482 e. The second kappa shape index (κ2) is 7.60. The third-order valence-electron chi connectivity index (χ3n) is 5.22. The molecule has 2 fully saturated rings. The minimum Gasteiger partial charge on any atom is -0.482 e. The molecule has 1 aliphatic heterocycles. The number of nitrogens with one attached hydrogen (secondary N) is 1. The molecule has 0 radical (unpaired) electrons. The molecule has 1 saturated heterocycles. The maximum atomic E-state index is 12.2. The van der Waals surface area contributed by atoms with E-state index < -0.39 is 0 Å². The molecule has 6 heteroatoms. The van der Waals surface area contributed by atoms with Crippen molar-refractivity contribution < 1.29 is 14.2 Å². The topological polar surface area (TPSA) is 73.4 Å². The van der Waals surface area contributed by atoms with Crippen LogP contribution in [0.4, 0.5) is 0 Å². The fourth-order valence-corrected chi connectivity index (χ4v) is 3.74. The van der Waals surface area contributed by atoms with Gasteiger partial charge in [-0.3, -0.25) is 4.79 Å². The van der Waals surface area contributed by atoms with E-state index in [2.05, 4.69) is 9.97 Å². The van der Waals surface area contributed by atoms with Gasteiger partial charge in [-0.05, 0) is 24.3 Å². The van der Waals surface area contributed by atoms with Gasteiger partial charge in [-0.15, -0.1) is 0 Å². The molecule has 0 bridgehead atoms. The number of rotatable bonds is 5. The lowest BCUT2D eigenvalue weighted by Crippen LogP contribution is -2.35. The zero-order valence-electron chi connectivity index (χ0n) is 14.8. The van der Waals surface area contributed by atoms with E-state index in [-0.39, 0.29) is 17.1 Å². The quantitative estimate of drug-likeness (QED) is 0.892. The molecule has 2 aromatic rings. The van der Waals surface area contributed by atoms with Gasteiger partial charge in [0.15, 0.2) is 5.79 Å². The van der Waals surface area contributed by atoms with Gasteiger partial charge in [-0.2, -0.15) is 0 Å². The summed E-state index contributed by atoms with van der Waals surface area (Å²) in [6.07, 6.45) is 6.18. The number of aromatic amines is 1. The Balaban J connectivity index is 1.32. The molecule has 26 heavy (non-hydrogen) atoms. The lowest BCUT2D eigenvalue weighted by Gasteiger charge is -2.35. The minimum atomic E-state index is -0.341. The van der Waals surface area contributed by atoms with Gasteiger partial charge in [0.25, 0.3) is 5.56 Å². The van der Waals surface area contributed by atoms with Gasteiger partial charge in [-0.25, -0.2) is 4.98 Å². The van der Waals surface area contributed by atoms with E-state index in [1.807, 2.05) is 30.3 Å². The summed E-state index contributed by atoms with van der Waals surface area (Å²) < 4.78 is 17.1. The van der Waals surface area contributed by atoms with Crippen molar-refractivity contribution in [1.29, 1.82) is 0 Å². The van der Waals surface area contributed by atoms with Crippen LogP contribution in [0.5, 0.6) is 5.75 Å². The maximum absolute atomic E-state index is 12.2. The average Bonchev–Trinajstić information content (AvgIpc) is 3.12. The molecule has 1 saturated carbocycles. The smallest absolute Gasteiger partial charge is 0.293 e. The number of H-pyrrole nitrogens is 1. The van der Waals surface area contributed by atoms with Gasteiger partial charge in [0, 0.05) is 19.3 Å². The Bertz CT molecular complexity index is 774. The first-order valence-electron chi connectivity index (χ1n) is 9.25. The van der Waals surface area contributed by atoms with Crippen molar-refractivity contribution >= 4 is 0 Å². The maximum Gasteiger partial charge on any atom is 0.293 e. The van der Waals surface area contributed by atoms with Crippen molar-refractivity contribution in [2.24, 2.45) is 5.92 Å². The number of nitrogens with zero attached hydrogens (tertiary/aromatic N) is 1. The van der Waals surface area contributed by atoms with Crippen molar-refractivity contribution in [2.45, 2.75) is 44.5 Å². The molecule has 1 aliphatic carbocycles. The summed E-state index contributed by atoms with van der Waals surface area (Å²) in [5.41, 5.74) is 0.795. The van der Waals surface area contributed by atoms with Crippen molar-refractivity contribution in [2.75, 3.05) is 13.2 Å². The molecule has 1 N–H and O–H groups in total. The highest BCUT2D eigenvalue weighted by Gasteiger charge is 2.40. The fraction of sp³-hybridized carbons (Fsp3) is 0.500. The van der Waals surface area contributed by atoms with Gasteiger partial charge in [0.1, 0.15) is 12.4 Å². The minimum absolute atomic E-state index is 0.222. The van der Waals surface area contributed by atoms with E-state index in [1.165, 1.54) is 6.20 Å². The van der Waals surface area contributed by atoms with E-state index in [0.29, 0.717) is 25.7 Å². The summed E-state index contributed by atoms with van der Waals surface area (Å²) in [7, 11) is 0. The molecule has 138 valence electrons. The van der Waals surface area contributed by atoms with Crippen LogP contribution in [0.3, 0.4) is 0 Å². The van der Waals surface area contributed by atoms with Crippen LogP contribution in [-0.2, 0) is 22.5 Å². The Hall–Kier alpha value is -2.18. The van der Waals surface area contributed by atoms with E-state index in [0.717, 1.165) is 43.5 Å². The van der Waals surface area contributed by atoms with Gasteiger partial charge in [0.05, 0.1) is 19.4 Å². The Morgan fingerprint density at radius 3 is 2.58 bits per heavy atom. The molecule has 6 nitrogen and oxygen atoms in total. The van der Waals surface area contributed by atoms with Crippen LogP contribution < -0.4 is 10.3 Å². The fourth-order valence-electron chi connectivity index (χ4n) is 3.74.